The first kappa shape index (κ1) is 14.7. The number of hydrogen-bond acceptors (Lipinski definition) is 4. The maximum absolute atomic E-state index is 4.67. The number of hydrogen-bond donors (Lipinski definition) is 1. The molecule has 0 aromatic carbocycles. The lowest BCUT2D eigenvalue weighted by Gasteiger charge is -2.37. The van der Waals surface area contributed by atoms with Gasteiger partial charge in [-0.3, -0.25) is 10.00 Å². The summed E-state index contributed by atoms with van der Waals surface area (Å²) in [6, 6.07) is 7.08. The first-order chi connectivity index (χ1) is 11.2. The Balaban J connectivity index is 1.43. The van der Waals surface area contributed by atoms with E-state index in [1.165, 1.54) is 18.5 Å². The monoisotopic (exact) mass is 311 g/mol. The number of pyridine rings is 1. The Kier molecular flexibility index (Phi) is 3.81. The summed E-state index contributed by atoms with van der Waals surface area (Å²) in [4.78, 5) is 9.57. The fraction of sp³-hybridized carbons (Fsp3) is 0.556. The van der Waals surface area contributed by atoms with Gasteiger partial charge in [-0.1, -0.05) is 0 Å². The molecule has 2 fully saturated rings. The molecule has 0 spiro atoms. The minimum Gasteiger partial charge on any atom is -0.354 e. The van der Waals surface area contributed by atoms with Gasteiger partial charge in [0.05, 0.1) is 5.69 Å². The van der Waals surface area contributed by atoms with Crippen LogP contribution in [0.15, 0.2) is 24.4 Å². The highest BCUT2D eigenvalue weighted by atomic mass is 15.3. The van der Waals surface area contributed by atoms with Crippen molar-refractivity contribution in [1.29, 1.82) is 0 Å². The topological polar surface area (TPSA) is 48.0 Å². The van der Waals surface area contributed by atoms with Gasteiger partial charge in [0.1, 0.15) is 5.82 Å². The fourth-order valence-corrected chi connectivity index (χ4v) is 3.28. The third kappa shape index (κ3) is 3.11. The lowest BCUT2D eigenvalue weighted by atomic mass is 10.1. The molecule has 1 saturated heterocycles. The number of anilines is 1. The van der Waals surface area contributed by atoms with Gasteiger partial charge < -0.3 is 4.90 Å². The van der Waals surface area contributed by atoms with Crippen LogP contribution in [0.4, 0.5) is 5.82 Å². The highest BCUT2D eigenvalue weighted by molar-refractivity contribution is 5.60. The van der Waals surface area contributed by atoms with Crippen molar-refractivity contribution in [1.82, 2.24) is 20.1 Å². The van der Waals surface area contributed by atoms with E-state index in [0.29, 0.717) is 12.0 Å². The van der Waals surface area contributed by atoms with Crippen molar-refractivity contribution in [2.24, 2.45) is 0 Å². The van der Waals surface area contributed by atoms with Crippen molar-refractivity contribution < 1.29 is 0 Å². The number of nitrogens with zero attached hydrogens (tertiary/aromatic N) is 4. The molecule has 0 bridgehead atoms. The summed E-state index contributed by atoms with van der Waals surface area (Å²) in [7, 11) is 0. The molecule has 2 aromatic heterocycles. The average Bonchev–Trinajstić information content (AvgIpc) is 3.32. The van der Waals surface area contributed by atoms with E-state index >= 15 is 0 Å². The molecule has 1 aliphatic carbocycles. The zero-order valence-electron chi connectivity index (χ0n) is 14.0. The SMILES string of the molecule is CC(C)N1CCN(c2ccc(-c3cc(C4CC4)[nH]n3)cn2)CC1. The van der Waals surface area contributed by atoms with E-state index in [9.17, 15) is 0 Å². The van der Waals surface area contributed by atoms with E-state index < -0.39 is 0 Å². The van der Waals surface area contributed by atoms with Crippen molar-refractivity contribution in [3.05, 3.63) is 30.1 Å². The Morgan fingerprint density at radius 3 is 2.52 bits per heavy atom. The molecular weight excluding hydrogens is 286 g/mol. The first-order valence-electron chi connectivity index (χ1n) is 8.71. The number of nitrogens with one attached hydrogen (secondary N) is 1. The van der Waals surface area contributed by atoms with E-state index in [2.05, 4.69) is 57.0 Å². The largest absolute Gasteiger partial charge is 0.354 e. The molecular formula is C18H25N5. The van der Waals surface area contributed by atoms with Crippen LogP contribution in [-0.2, 0) is 0 Å². The highest BCUT2D eigenvalue weighted by Gasteiger charge is 2.25. The molecule has 2 aromatic rings. The van der Waals surface area contributed by atoms with Crippen molar-refractivity contribution in [3.63, 3.8) is 0 Å². The van der Waals surface area contributed by atoms with Gasteiger partial charge >= 0.3 is 0 Å². The Bertz CT molecular complexity index is 648. The number of rotatable bonds is 4. The van der Waals surface area contributed by atoms with Crippen LogP contribution in [0, 0.1) is 0 Å². The van der Waals surface area contributed by atoms with E-state index in [1.807, 2.05) is 6.20 Å². The molecule has 2 aliphatic rings. The summed E-state index contributed by atoms with van der Waals surface area (Å²) in [6.07, 6.45) is 4.54. The molecule has 4 rings (SSSR count). The van der Waals surface area contributed by atoms with Gasteiger partial charge in [0.2, 0.25) is 0 Å². The van der Waals surface area contributed by atoms with Crippen LogP contribution in [0.2, 0.25) is 0 Å². The summed E-state index contributed by atoms with van der Waals surface area (Å²) < 4.78 is 0. The molecule has 0 unspecified atom stereocenters. The number of H-pyrrole nitrogens is 1. The maximum atomic E-state index is 4.67. The third-order valence-corrected chi connectivity index (χ3v) is 5.03. The van der Waals surface area contributed by atoms with Crippen LogP contribution >= 0.6 is 0 Å². The predicted octanol–water partition coefficient (Wildman–Crippen LogP) is 2.88. The van der Waals surface area contributed by atoms with Crippen molar-refractivity contribution in [2.75, 3.05) is 31.1 Å². The van der Waals surface area contributed by atoms with Gasteiger partial charge in [-0.25, -0.2) is 4.98 Å². The quantitative estimate of drug-likeness (QED) is 0.943. The summed E-state index contributed by atoms with van der Waals surface area (Å²) in [5.41, 5.74) is 3.38. The fourth-order valence-electron chi connectivity index (χ4n) is 3.28. The van der Waals surface area contributed by atoms with E-state index in [0.717, 1.165) is 43.3 Å². The average molecular weight is 311 g/mol. The highest BCUT2D eigenvalue weighted by Crippen LogP contribution is 2.39. The third-order valence-electron chi connectivity index (χ3n) is 5.03. The molecule has 5 heteroatoms. The normalized spacial score (nSPS) is 19.5. The molecule has 0 atom stereocenters. The van der Waals surface area contributed by atoms with Crippen molar-refractivity contribution >= 4 is 5.82 Å². The molecule has 1 N–H and O–H groups in total. The summed E-state index contributed by atoms with van der Waals surface area (Å²) in [5, 5.41) is 7.60. The second kappa shape index (κ2) is 5.96. The Morgan fingerprint density at radius 2 is 1.91 bits per heavy atom. The van der Waals surface area contributed by atoms with Gasteiger partial charge in [-0.05, 0) is 44.9 Å². The minimum absolute atomic E-state index is 0.632. The van der Waals surface area contributed by atoms with Gasteiger partial charge in [0, 0.05) is 55.6 Å². The van der Waals surface area contributed by atoms with Gasteiger partial charge in [0.15, 0.2) is 0 Å². The second-order valence-electron chi connectivity index (χ2n) is 7.00. The lowest BCUT2D eigenvalue weighted by molar-refractivity contribution is 0.209. The van der Waals surface area contributed by atoms with E-state index in [1.54, 1.807) is 0 Å². The second-order valence-corrected chi connectivity index (χ2v) is 7.00. The molecule has 23 heavy (non-hydrogen) atoms. The van der Waals surface area contributed by atoms with Gasteiger partial charge in [-0.2, -0.15) is 5.10 Å². The smallest absolute Gasteiger partial charge is 0.128 e. The Morgan fingerprint density at radius 1 is 1.13 bits per heavy atom. The van der Waals surface area contributed by atoms with Crippen LogP contribution in [0.5, 0.6) is 0 Å². The maximum Gasteiger partial charge on any atom is 0.128 e. The molecule has 122 valence electrons. The van der Waals surface area contributed by atoms with E-state index in [-0.39, 0.29) is 0 Å². The first-order valence-corrected chi connectivity index (χ1v) is 8.71. The van der Waals surface area contributed by atoms with Crippen LogP contribution in [0.3, 0.4) is 0 Å². The molecule has 1 aliphatic heterocycles. The Hall–Kier alpha value is -1.88. The Labute approximate surface area is 137 Å². The summed E-state index contributed by atoms with van der Waals surface area (Å²) >= 11 is 0. The van der Waals surface area contributed by atoms with Crippen molar-refractivity contribution in [3.8, 4) is 11.3 Å². The molecule has 1 saturated carbocycles. The lowest BCUT2D eigenvalue weighted by Crippen LogP contribution is -2.49. The standard InChI is InChI=1S/C18H25N5/c1-13(2)22-7-9-23(10-8-22)18-6-5-15(12-19-18)17-11-16(20-21-17)14-3-4-14/h5-6,11-14H,3-4,7-10H2,1-2H3,(H,20,21). The minimum atomic E-state index is 0.632. The number of aromatic amines is 1. The summed E-state index contributed by atoms with van der Waals surface area (Å²) in [5.74, 6) is 1.79. The van der Waals surface area contributed by atoms with Gasteiger partial charge in [-0.15, -0.1) is 0 Å². The van der Waals surface area contributed by atoms with Gasteiger partial charge in [0.25, 0.3) is 0 Å². The van der Waals surface area contributed by atoms with Crippen LogP contribution in [0.25, 0.3) is 11.3 Å². The zero-order valence-corrected chi connectivity index (χ0v) is 14.0. The molecule has 0 radical (unpaired) electrons. The number of aromatic nitrogens is 3. The van der Waals surface area contributed by atoms with Crippen LogP contribution < -0.4 is 4.90 Å². The van der Waals surface area contributed by atoms with Crippen LogP contribution in [0.1, 0.15) is 38.3 Å². The van der Waals surface area contributed by atoms with E-state index in [4.69, 9.17) is 0 Å². The summed E-state index contributed by atoms with van der Waals surface area (Å²) in [6.45, 7) is 8.87. The zero-order chi connectivity index (χ0) is 15.8. The van der Waals surface area contributed by atoms with Crippen LogP contribution in [-0.4, -0.2) is 52.3 Å². The predicted molar refractivity (Wildman–Crippen MR) is 92.7 cm³/mol. The molecule has 5 nitrogen and oxygen atoms in total. The van der Waals surface area contributed by atoms with Crippen molar-refractivity contribution in [2.45, 2.75) is 38.6 Å². The number of piperazine rings is 1. The molecule has 0 amide bonds. The molecule has 3 heterocycles.